The fraction of sp³-hybridized carbons (Fsp3) is 0.857. The first-order valence-electron chi connectivity index (χ1n) is 3.93. The highest BCUT2D eigenvalue weighted by Crippen LogP contribution is 2.09. The molecule has 1 rings (SSSR count). The first-order valence-corrected chi connectivity index (χ1v) is 3.93. The summed E-state index contributed by atoms with van der Waals surface area (Å²) in [5.41, 5.74) is 5.48. The Morgan fingerprint density at radius 2 is 2.55 bits per heavy atom. The van der Waals surface area contributed by atoms with Gasteiger partial charge in [-0.2, -0.15) is 0 Å². The molecule has 4 nitrogen and oxygen atoms in total. The van der Waals surface area contributed by atoms with Crippen molar-refractivity contribution < 1.29 is 9.53 Å². The Labute approximate surface area is 66.3 Å². The van der Waals surface area contributed by atoms with E-state index in [1.165, 1.54) is 0 Å². The van der Waals surface area contributed by atoms with Crippen molar-refractivity contribution in [3.63, 3.8) is 0 Å². The Bertz CT molecular complexity index is 145. The lowest BCUT2D eigenvalue weighted by Crippen LogP contribution is -2.40. The maximum Gasteiger partial charge on any atom is 0.410 e. The van der Waals surface area contributed by atoms with E-state index >= 15 is 0 Å². The monoisotopic (exact) mass is 158 g/mol. The van der Waals surface area contributed by atoms with Crippen LogP contribution in [0.15, 0.2) is 0 Å². The molecule has 1 unspecified atom stereocenters. The molecule has 11 heavy (non-hydrogen) atoms. The molecule has 0 aliphatic carbocycles. The van der Waals surface area contributed by atoms with E-state index in [2.05, 4.69) is 0 Å². The van der Waals surface area contributed by atoms with Crippen LogP contribution >= 0.6 is 0 Å². The normalized spacial score (nSPS) is 20.2. The summed E-state index contributed by atoms with van der Waals surface area (Å²) in [5.74, 6) is 0. The van der Waals surface area contributed by atoms with Crippen LogP contribution in [0, 0.1) is 0 Å². The molecule has 0 spiro atoms. The van der Waals surface area contributed by atoms with E-state index in [1.54, 1.807) is 4.90 Å². The summed E-state index contributed by atoms with van der Waals surface area (Å²) >= 11 is 0. The first-order chi connectivity index (χ1) is 5.29. The van der Waals surface area contributed by atoms with Crippen LogP contribution in [0.5, 0.6) is 0 Å². The predicted molar refractivity (Wildman–Crippen MR) is 41.2 cm³/mol. The van der Waals surface area contributed by atoms with Crippen LogP contribution in [-0.4, -0.2) is 36.7 Å². The number of carbonyl (C=O) groups excluding carboxylic acids is 1. The van der Waals surface area contributed by atoms with E-state index in [0.717, 1.165) is 6.42 Å². The molecule has 1 heterocycles. The lowest BCUT2D eigenvalue weighted by Gasteiger charge is -2.22. The maximum atomic E-state index is 11.0. The molecule has 1 amide bonds. The SMILES string of the molecule is CCC(CN)N1CCOC1=O. The van der Waals surface area contributed by atoms with Crippen LogP contribution in [0.1, 0.15) is 13.3 Å². The minimum absolute atomic E-state index is 0.157. The van der Waals surface area contributed by atoms with Crippen molar-refractivity contribution in [1.82, 2.24) is 4.90 Å². The van der Waals surface area contributed by atoms with Gasteiger partial charge in [0, 0.05) is 12.6 Å². The Kier molecular flexibility index (Phi) is 2.70. The summed E-state index contributed by atoms with van der Waals surface area (Å²) in [6.07, 6.45) is 0.674. The molecule has 0 aromatic heterocycles. The molecular formula is C7H14N2O2. The minimum atomic E-state index is -0.220. The maximum absolute atomic E-state index is 11.0. The van der Waals surface area contributed by atoms with E-state index in [-0.39, 0.29) is 12.1 Å². The zero-order valence-corrected chi connectivity index (χ0v) is 6.75. The Hall–Kier alpha value is -0.770. The van der Waals surface area contributed by atoms with Crippen LogP contribution in [0.25, 0.3) is 0 Å². The average molecular weight is 158 g/mol. The number of carbonyl (C=O) groups is 1. The van der Waals surface area contributed by atoms with Gasteiger partial charge in [-0.25, -0.2) is 4.79 Å². The summed E-state index contributed by atoms with van der Waals surface area (Å²) < 4.78 is 4.78. The summed E-state index contributed by atoms with van der Waals surface area (Å²) in [4.78, 5) is 12.7. The van der Waals surface area contributed by atoms with Crippen LogP contribution < -0.4 is 5.73 Å². The number of amides is 1. The molecule has 0 bridgehead atoms. The van der Waals surface area contributed by atoms with Crippen LogP contribution in [0.3, 0.4) is 0 Å². The molecule has 4 heteroatoms. The fourth-order valence-electron chi connectivity index (χ4n) is 1.25. The Balaban J connectivity index is 2.49. The molecule has 0 radical (unpaired) electrons. The smallest absolute Gasteiger partial charge is 0.410 e. The van der Waals surface area contributed by atoms with Crippen molar-refractivity contribution in [1.29, 1.82) is 0 Å². The standard InChI is InChI=1S/C7H14N2O2/c1-2-6(5-8)9-3-4-11-7(9)10/h6H,2-5,8H2,1H3. The molecule has 1 atom stereocenters. The topological polar surface area (TPSA) is 55.6 Å². The Morgan fingerprint density at radius 3 is 2.91 bits per heavy atom. The fourth-order valence-corrected chi connectivity index (χ4v) is 1.25. The van der Waals surface area contributed by atoms with Gasteiger partial charge in [-0.3, -0.25) is 0 Å². The van der Waals surface area contributed by atoms with E-state index in [0.29, 0.717) is 19.7 Å². The third-order valence-corrected chi connectivity index (χ3v) is 1.98. The van der Waals surface area contributed by atoms with Crippen molar-refractivity contribution >= 4 is 6.09 Å². The molecule has 1 aliphatic rings. The number of rotatable bonds is 3. The largest absolute Gasteiger partial charge is 0.448 e. The van der Waals surface area contributed by atoms with E-state index < -0.39 is 0 Å². The molecule has 0 saturated carbocycles. The van der Waals surface area contributed by atoms with Gasteiger partial charge in [-0.1, -0.05) is 6.92 Å². The predicted octanol–water partition coefficient (Wildman–Crippen LogP) is 0.176. The molecule has 0 aromatic carbocycles. The zero-order valence-electron chi connectivity index (χ0n) is 6.75. The lowest BCUT2D eigenvalue weighted by atomic mass is 10.2. The van der Waals surface area contributed by atoms with Gasteiger partial charge in [0.25, 0.3) is 0 Å². The molecule has 64 valence electrons. The molecule has 0 aromatic rings. The molecule has 2 N–H and O–H groups in total. The van der Waals surface area contributed by atoms with E-state index in [1.807, 2.05) is 6.92 Å². The average Bonchev–Trinajstić information content (AvgIpc) is 2.40. The number of cyclic esters (lactones) is 1. The molecule has 1 fully saturated rings. The highest BCUT2D eigenvalue weighted by Gasteiger charge is 2.27. The van der Waals surface area contributed by atoms with Crippen molar-refractivity contribution in [3.8, 4) is 0 Å². The van der Waals surface area contributed by atoms with Gasteiger partial charge < -0.3 is 15.4 Å². The third-order valence-electron chi connectivity index (χ3n) is 1.98. The van der Waals surface area contributed by atoms with Gasteiger partial charge in [0.15, 0.2) is 0 Å². The van der Waals surface area contributed by atoms with Crippen LogP contribution in [0.4, 0.5) is 4.79 Å². The summed E-state index contributed by atoms with van der Waals surface area (Å²) in [6.45, 7) is 3.73. The second kappa shape index (κ2) is 3.57. The number of hydrogen-bond donors (Lipinski definition) is 1. The van der Waals surface area contributed by atoms with Crippen molar-refractivity contribution in [2.45, 2.75) is 19.4 Å². The van der Waals surface area contributed by atoms with Crippen molar-refractivity contribution in [3.05, 3.63) is 0 Å². The van der Waals surface area contributed by atoms with Crippen LogP contribution in [-0.2, 0) is 4.74 Å². The van der Waals surface area contributed by atoms with Gasteiger partial charge in [0.05, 0.1) is 6.54 Å². The van der Waals surface area contributed by atoms with Gasteiger partial charge in [0.1, 0.15) is 6.61 Å². The first kappa shape index (κ1) is 8.33. The highest BCUT2D eigenvalue weighted by molar-refractivity contribution is 5.69. The summed E-state index contributed by atoms with van der Waals surface area (Å²) in [6, 6.07) is 0.157. The number of nitrogens with two attached hydrogens (primary N) is 1. The quantitative estimate of drug-likeness (QED) is 0.637. The number of hydrogen-bond acceptors (Lipinski definition) is 3. The van der Waals surface area contributed by atoms with Crippen molar-refractivity contribution in [2.75, 3.05) is 19.7 Å². The van der Waals surface area contributed by atoms with Crippen LogP contribution in [0.2, 0.25) is 0 Å². The zero-order chi connectivity index (χ0) is 8.27. The second-order valence-corrected chi connectivity index (χ2v) is 2.61. The van der Waals surface area contributed by atoms with Gasteiger partial charge in [0.2, 0.25) is 0 Å². The second-order valence-electron chi connectivity index (χ2n) is 2.61. The summed E-state index contributed by atoms with van der Waals surface area (Å²) in [7, 11) is 0. The number of nitrogens with zero attached hydrogens (tertiary/aromatic N) is 1. The minimum Gasteiger partial charge on any atom is -0.448 e. The third kappa shape index (κ3) is 1.63. The van der Waals surface area contributed by atoms with Gasteiger partial charge in [-0.05, 0) is 6.42 Å². The molecule has 1 saturated heterocycles. The molecular weight excluding hydrogens is 144 g/mol. The van der Waals surface area contributed by atoms with E-state index in [4.69, 9.17) is 10.5 Å². The van der Waals surface area contributed by atoms with Gasteiger partial charge in [-0.15, -0.1) is 0 Å². The van der Waals surface area contributed by atoms with Crippen molar-refractivity contribution in [2.24, 2.45) is 5.73 Å². The van der Waals surface area contributed by atoms with Gasteiger partial charge >= 0.3 is 6.09 Å². The lowest BCUT2D eigenvalue weighted by molar-refractivity contribution is 0.147. The van der Waals surface area contributed by atoms with E-state index in [9.17, 15) is 4.79 Å². The number of ether oxygens (including phenoxy) is 1. The highest BCUT2D eigenvalue weighted by atomic mass is 16.6. The Morgan fingerprint density at radius 1 is 1.82 bits per heavy atom. The molecule has 1 aliphatic heterocycles. The summed E-state index contributed by atoms with van der Waals surface area (Å²) in [5, 5.41) is 0.